The molecule has 6 nitrogen and oxygen atoms in total. The van der Waals surface area contributed by atoms with Gasteiger partial charge in [-0.3, -0.25) is 14.5 Å². The molecule has 0 spiro atoms. The third kappa shape index (κ3) is 4.40. The number of amides is 2. The highest BCUT2D eigenvalue weighted by atomic mass is 35.5. The molecule has 0 unspecified atom stereocenters. The number of nitrogens with zero attached hydrogens (tertiary/aromatic N) is 1. The fraction of sp³-hybridized carbons (Fsp3) is 0.0455. The summed E-state index contributed by atoms with van der Waals surface area (Å²) < 4.78 is 18.9. The summed E-state index contributed by atoms with van der Waals surface area (Å²) in [5.41, 5.74) is 1.14. The Morgan fingerprint density at radius 3 is 2.71 bits per heavy atom. The second-order valence-corrected chi connectivity index (χ2v) is 7.99. The maximum absolute atomic E-state index is 13.2. The van der Waals surface area contributed by atoms with Crippen LogP contribution in [0.15, 0.2) is 63.9 Å². The molecule has 0 saturated carbocycles. The van der Waals surface area contributed by atoms with E-state index < -0.39 is 22.9 Å². The highest BCUT2D eigenvalue weighted by molar-refractivity contribution is 8.18. The molecule has 31 heavy (non-hydrogen) atoms. The van der Waals surface area contributed by atoms with E-state index in [1.165, 1.54) is 30.3 Å². The first-order valence-corrected chi connectivity index (χ1v) is 10.1. The monoisotopic (exact) mass is 457 g/mol. The quantitative estimate of drug-likeness (QED) is 0.496. The molecule has 3 aromatic rings. The van der Waals surface area contributed by atoms with Crippen molar-refractivity contribution in [3.05, 3.63) is 87.2 Å². The molecule has 1 aromatic heterocycles. The molecule has 4 rings (SSSR count). The number of benzene rings is 2. The van der Waals surface area contributed by atoms with E-state index in [1.807, 2.05) is 0 Å². The first kappa shape index (κ1) is 20.9. The number of imide groups is 1. The van der Waals surface area contributed by atoms with Crippen molar-refractivity contribution in [3.8, 4) is 11.3 Å². The van der Waals surface area contributed by atoms with Crippen molar-refractivity contribution in [1.29, 1.82) is 0 Å². The molecule has 1 aliphatic heterocycles. The van der Waals surface area contributed by atoms with E-state index in [1.54, 1.807) is 24.3 Å². The van der Waals surface area contributed by atoms with Gasteiger partial charge in [-0.1, -0.05) is 29.8 Å². The SMILES string of the molecule is O=C(O)c1cccc(-c2ccc(/C=C3\SC(=O)N(Cc4ccc(F)cc4Cl)C3=O)o2)c1. The van der Waals surface area contributed by atoms with Gasteiger partial charge in [0.1, 0.15) is 17.3 Å². The van der Waals surface area contributed by atoms with Crippen molar-refractivity contribution in [2.24, 2.45) is 0 Å². The molecule has 2 heterocycles. The lowest BCUT2D eigenvalue weighted by molar-refractivity contribution is -0.123. The summed E-state index contributed by atoms with van der Waals surface area (Å²) in [4.78, 5) is 37.3. The van der Waals surface area contributed by atoms with Gasteiger partial charge in [-0.05, 0) is 53.7 Å². The molecule has 0 bridgehead atoms. The molecular weight excluding hydrogens is 445 g/mol. The molecule has 1 aliphatic rings. The summed E-state index contributed by atoms with van der Waals surface area (Å²) in [7, 11) is 0. The molecule has 0 atom stereocenters. The standard InChI is InChI=1S/C22H13ClFNO5S/c23-17-9-15(24)5-4-14(17)11-25-20(26)19(31-22(25)29)10-16-6-7-18(30-16)12-2-1-3-13(8-12)21(27)28/h1-10H,11H2,(H,27,28)/b19-10-. The van der Waals surface area contributed by atoms with E-state index in [0.29, 0.717) is 22.6 Å². The molecule has 156 valence electrons. The number of halogens is 2. The number of hydrogen-bond acceptors (Lipinski definition) is 5. The summed E-state index contributed by atoms with van der Waals surface area (Å²) in [5, 5.41) is 8.78. The Bertz CT molecular complexity index is 1250. The van der Waals surface area contributed by atoms with Gasteiger partial charge in [0.25, 0.3) is 11.1 Å². The second-order valence-electron chi connectivity index (χ2n) is 6.59. The van der Waals surface area contributed by atoms with Crippen molar-refractivity contribution in [2.75, 3.05) is 0 Å². The minimum atomic E-state index is -1.05. The zero-order valence-electron chi connectivity index (χ0n) is 15.7. The van der Waals surface area contributed by atoms with Gasteiger partial charge in [-0.15, -0.1) is 0 Å². The highest BCUT2D eigenvalue weighted by Gasteiger charge is 2.35. The van der Waals surface area contributed by atoms with Crippen molar-refractivity contribution in [1.82, 2.24) is 4.90 Å². The van der Waals surface area contributed by atoms with Gasteiger partial charge < -0.3 is 9.52 Å². The van der Waals surface area contributed by atoms with E-state index in [9.17, 15) is 18.8 Å². The third-order valence-corrected chi connectivity index (χ3v) is 5.77. The first-order chi connectivity index (χ1) is 14.8. The third-order valence-electron chi connectivity index (χ3n) is 4.51. The van der Waals surface area contributed by atoms with Crippen LogP contribution in [-0.4, -0.2) is 27.1 Å². The van der Waals surface area contributed by atoms with Crippen LogP contribution in [0.1, 0.15) is 21.7 Å². The zero-order valence-corrected chi connectivity index (χ0v) is 17.2. The van der Waals surface area contributed by atoms with Crippen molar-refractivity contribution in [2.45, 2.75) is 6.54 Å². The van der Waals surface area contributed by atoms with Gasteiger partial charge in [0, 0.05) is 16.7 Å². The van der Waals surface area contributed by atoms with E-state index >= 15 is 0 Å². The van der Waals surface area contributed by atoms with Crippen molar-refractivity contribution in [3.63, 3.8) is 0 Å². The van der Waals surface area contributed by atoms with E-state index in [0.717, 1.165) is 22.7 Å². The molecule has 2 amide bonds. The summed E-state index contributed by atoms with van der Waals surface area (Å²) in [6.07, 6.45) is 1.45. The van der Waals surface area contributed by atoms with Gasteiger partial charge in [-0.25, -0.2) is 9.18 Å². The van der Waals surface area contributed by atoms with Gasteiger partial charge in [0.05, 0.1) is 17.0 Å². The largest absolute Gasteiger partial charge is 0.478 e. The summed E-state index contributed by atoms with van der Waals surface area (Å²) in [5.74, 6) is -1.32. The van der Waals surface area contributed by atoms with E-state index in [-0.39, 0.29) is 22.0 Å². The topological polar surface area (TPSA) is 87.8 Å². The lowest BCUT2D eigenvalue weighted by atomic mass is 10.1. The lowest BCUT2D eigenvalue weighted by Gasteiger charge is -2.13. The molecule has 1 fully saturated rings. The van der Waals surface area contributed by atoms with Crippen LogP contribution in [0, 0.1) is 5.82 Å². The van der Waals surface area contributed by atoms with Crippen LogP contribution in [-0.2, 0) is 11.3 Å². The van der Waals surface area contributed by atoms with E-state index in [2.05, 4.69) is 0 Å². The average molecular weight is 458 g/mol. The number of carbonyl (C=O) groups is 3. The number of carboxylic acids is 1. The number of carboxylic acid groups (broad SMARTS) is 1. The fourth-order valence-electron chi connectivity index (χ4n) is 2.98. The molecule has 2 aromatic carbocycles. The Hall–Kier alpha value is -3.36. The minimum Gasteiger partial charge on any atom is -0.478 e. The Morgan fingerprint density at radius 2 is 1.97 bits per heavy atom. The average Bonchev–Trinajstić information content (AvgIpc) is 3.30. The maximum Gasteiger partial charge on any atom is 0.335 e. The summed E-state index contributed by atoms with van der Waals surface area (Å²) >= 11 is 6.76. The highest BCUT2D eigenvalue weighted by Crippen LogP contribution is 2.35. The number of hydrogen-bond donors (Lipinski definition) is 1. The number of carbonyl (C=O) groups excluding carboxylic acids is 2. The number of thioether (sulfide) groups is 1. The molecule has 1 N–H and O–H groups in total. The number of aromatic carboxylic acids is 1. The predicted molar refractivity (Wildman–Crippen MR) is 114 cm³/mol. The Labute approximate surface area is 184 Å². The van der Waals surface area contributed by atoms with Crippen LogP contribution in [0.5, 0.6) is 0 Å². The van der Waals surface area contributed by atoms with Crippen LogP contribution < -0.4 is 0 Å². The lowest BCUT2D eigenvalue weighted by Crippen LogP contribution is -2.27. The van der Waals surface area contributed by atoms with E-state index in [4.69, 9.17) is 21.1 Å². The second kappa shape index (κ2) is 8.41. The Morgan fingerprint density at radius 1 is 1.16 bits per heavy atom. The predicted octanol–water partition coefficient (Wildman–Crippen LogP) is 5.67. The maximum atomic E-state index is 13.2. The zero-order chi connectivity index (χ0) is 22.1. The first-order valence-electron chi connectivity index (χ1n) is 8.94. The minimum absolute atomic E-state index is 0.0769. The molecule has 9 heteroatoms. The molecule has 0 radical (unpaired) electrons. The van der Waals surface area contributed by atoms with Crippen LogP contribution in [0.3, 0.4) is 0 Å². The van der Waals surface area contributed by atoms with Crippen LogP contribution in [0.4, 0.5) is 9.18 Å². The molecule has 1 saturated heterocycles. The summed E-state index contributed by atoms with van der Waals surface area (Å²) in [6, 6.07) is 13.3. The van der Waals surface area contributed by atoms with Crippen LogP contribution in [0.2, 0.25) is 5.02 Å². The fourth-order valence-corrected chi connectivity index (χ4v) is 4.02. The smallest absolute Gasteiger partial charge is 0.335 e. The van der Waals surface area contributed by atoms with Crippen LogP contribution >= 0.6 is 23.4 Å². The van der Waals surface area contributed by atoms with Gasteiger partial charge in [0.2, 0.25) is 0 Å². The van der Waals surface area contributed by atoms with Crippen molar-refractivity contribution >= 4 is 46.6 Å². The Balaban J connectivity index is 1.55. The normalized spacial score (nSPS) is 15.2. The molecular formula is C22H13ClFNO5S. The van der Waals surface area contributed by atoms with Crippen LogP contribution in [0.25, 0.3) is 17.4 Å². The van der Waals surface area contributed by atoms with Gasteiger partial charge in [-0.2, -0.15) is 0 Å². The number of furan rings is 1. The number of rotatable bonds is 5. The molecule has 0 aliphatic carbocycles. The summed E-state index contributed by atoms with van der Waals surface area (Å²) in [6.45, 7) is -0.0769. The van der Waals surface area contributed by atoms with Gasteiger partial charge >= 0.3 is 5.97 Å². The Kier molecular flexibility index (Phi) is 5.67. The van der Waals surface area contributed by atoms with Crippen molar-refractivity contribution < 1.29 is 28.3 Å². The van der Waals surface area contributed by atoms with Gasteiger partial charge in [0.15, 0.2) is 0 Å².